The zero-order valence-electron chi connectivity index (χ0n) is 10.1. The predicted molar refractivity (Wildman–Crippen MR) is 62.8 cm³/mol. The molecule has 3 heterocycles. The fourth-order valence-corrected chi connectivity index (χ4v) is 2.57. The molecule has 2 saturated heterocycles. The van der Waals surface area contributed by atoms with E-state index in [9.17, 15) is 0 Å². The third kappa shape index (κ3) is 2.00. The quantitative estimate of drug-likeness (QED) is 0.777. The Kier molecular flexibility index (Phi) is 2.72. The van der Waals surface area contributed by atoms with Crippen molar-refractivity contribution in [3.05, 3.63) is 18.0 Å². The van der Waals surface area contributed by atoms with Gasteiger partial charge in [-0.3, -0.25) is 0 Å². The van der Waals surface area contributed by atoms with Crippen LogP contribution in [0.5, 0.6) is 0 Å². The number of rotatable bonds is 3. The molecule has 0 bridgehead atoms. The van der Waals surface area contributed by atoms with E-state index >= 15 is 0 Å². The largest absolute Gasteiger partial charge is 0.381 e. The minimum Gasteiger partial charge on any atom is -0.381 e. The number of anilines is 1. The summed E-state index contributed by atoms with van der Waals surface area (Å²) in [5, 5.41) is 0. The van der Waals surface area contributed by atoms with E-state index in [-0.39, 0.29) is 0 Å². The van der Waals surface area contributed by atoms with Gasteiger partial charge in [0.1, 0.15) is 0 Å². The maximum atomic E-state index is 5.46. The van der Waals surface area contributed by atoms with Crippen molar-refractivity contribution in [2.45, 2.75) is 13.0 Å². The average Bonchev–Trinajstić information content (AvgIpc) is 2.77. The van der Waals surface area contributed by atoms with Crippen LogP contribution >= 0.6 is 0 Å². The first kappa shape index (κ1) is 10.9. The van der Waals surface area contributed by atoms with Crippen molar-refractivity contribution >= 4 is 5.95 Å². The van der Waals surface area contributed by atoms with Crippen molar-refractivity contribution in [1.29, 1.82) is 0 Å². The van der Waals surface area contributed by atoms with Crippen LogP contribution in [0.2, 0.25) is 0 Å². The molecular weight excluding hydrogens is 218 g/mol. The molecule has 17 heavy (non-hydrogen) atoms. The summed E-state index contributed by atoms with van der Waals surface area (Å²) in [6.45, 7) is 4.37. The first-order valence-electron chi connectivity index (χ1n) is 5.95. The molecule has 0 aromatic carbocycles. The number of nitrogens with zero attached hydrogens (tertiary/aromatic N) is 3. The highest BCUT2D eigenvalue weighted by Crippen LogP contribution is 2.39. The topological polar surface area (TPSA) is 47.5 Å². The molecule has 0 aliphatic carbocycles. The third-order valence-corrected chi connectivity index (χ3v) is 3.51. The fraction of sp³-hybridized carbons (Fsp3) is 0.667. The van der Waals surface area contributed by atoms with Gasteiger partial charge in [-0.05, 0) is 12.5 Å². The Labute approximate surface area is 101 Å². The summed E-state index contributed by atoms with van der Waals surface area (Å²) in [5.74, 6) is 0.817. The van der Waals surface area contributed by atoms with Crippen LogP contribution in [-0.2, 0) is 16.1 Å². The van der Waals surface area contributed by atoms with Gasteiger partial charge in [-0.15, -0.1) is 0 Å². The Balaban J connectivity index is 1.67. The Hall–Kier alpha value is -1.20. The lowest BCUT2D eigenvalue weighted by Gasteiger charge is -2.47. The lowest BCUT2D eigenvalue weighted by molar-refractivity contribution is 0.130. The first-order chi connectivity index (χ1) is 8.31. The van der Waals surface area contributed by atoms with Crippen molar-refractivity contribution in [3.8, 4) is 0 Å². The van der Waals surface area contributed by atoms with Crippen LogP contribution in [0.25, 0.3) is 0 Å². The number of methoxy groups -OCH3 is 1. The van der Waals surface area contributed by atoms with E-state index in [2.05, 4.69) is 14.9 Å². The monoisotopic (exact) mass is 235 g/mol. The maximum Gasteiger partial charge on any atom is 0.225 e. The van der Waals surface area contributed by atoms with Crippen LogP contribution in [-0.4, -0.2) is 43.4 Å². The molecule has 0 unspecified atom stereocenters. The molecule has 1 aromatic heterocycles. The van der Waals surface area contributed by atoms with Gasteiger partial charge in [-0.25, -0.2) is 9.97 Å². The van der Waals surface area contributed by atoms with E-state index in [4.69, 9.17) is 9.47 Å². The Bertz CT molecular complexity index is 396. The van der Waals surface area contributed by atoms with Crippen LogP contribution in [0.3, 0.4) is 0 Å². The van der Waals surface area contributed by atoms with E-state index in [0.717, 1.165) is 37.9 Å². The smallest absolute Gasteiger partial charge is 0.225 e. The number of hydrogen-bond donors (Lipinski definition) is 0. The van der Waals surface area contributed by atoms with E-state index in [1.807, 2.05) is 6.07 Å². The summed E-state index contributed by atoms with van der Waals surface area (Å²) in [5.41, 5.74) is 1.31. The van der Waals surface area contributed by atoms with Crippen molar-refractivity contribution in [2.75, 3.05) is 38.3 Å². The summed E-state index contributed by atoms with van der Waals surface area (Å²) in [6.07, 6.45) is 2.97. The highest BCUT2D eigenvalue weighted by atomic mass is 16.5. The van der Waals surface area contributed by atoms with Gasteiger partial charge in [0.25, 0.3) is 0 Å². The van der Waals surface area contributed by atoms with E-state index in [0.29, 0.717) is 12.0 Å². The molecule has 1 aromatic rings. The molecule has 2 aliphatic heterocycles. The van der Waals surface area contributed by atoms with Crippen LogP contribution in [0, 0.1) is 5.41 Å². The highest BCUT2D eigenvalue weighted by Gasteiger charge is 2.46. The minimum atomic E-state index is 0.376. The molecule has 0 N–H and O–H groups in total. The Morgan fingerprint density at radius 3 is 3.12 bits per heavy atom. The zero-order valence-corrected chi connectivity index (χ0v) is 10.1. The molecule has 5 nitrogen and oxygen atoms in total. The van der Waals surface area contributed by atoms with Gasteiger partial charge in [-0.2, -0.15) is 0 Å². The van der Waals surface area contributed by atoms with Crippen molar-refractivity contribution in [1.82, 2.24) is 9.97 Å². The third-order valence-electron chi connectivity index (χ3n) is 3.51. The fourth-order valence-electron chi connectivity index (χ4n) is 2.57. The minimum absolute atomic E-state index is 0.376. The highest BCUT2D eigenvalue weighted by molar-refractivity contribution is 5.37. The standard InChI is InChI=1S/C12H17N3O2/c1-16-6-10-2-4-13-11(14-10)15-7-12(8-15)3-5-17-9-12/h2,4H,3,5-9H2,1H3. The van der Waals surface area contributed by atoms with Crippen molar-refractivity contribution < 1.29 is 9.47 Å². The molecule has 2 fully saturated rings. The second-order valence-electron chi connectivity index (χ2n) is 4.94. The van der Waals surface area contributed by atoms with Crippen molar-refractivity contribution in [3.63, 3.8) is 0 Å². The zero-order chi connectivity index (χ0) is 11.7. The molecule has 0 radical (unpaired) electrons. The number of hydrogen-bond acceptors (Lipinski definition) is 5. The van der Waals surface area contributed by atoms with Gasteiger partial charge in [0.2, 0.25) is 5.95 Å². The first-order valence-corrected chi connectivity index (χ1v) is 5.95. The van der Waals surface area contributed by atoms with E-state index < -0.39 is 0 Å². The van der Waals surface area contributed by atoms with Crippen molar-refractivity contribution in [2.24, 2.45) is 5.41 Å². The SMILES string of the molecule is COCc1ccnc(N2CC3(CCOC3)C2)n1. The van der Waals surface area contributed by atoms with E-state index in [1.165, 1.54) is 6.42 Å². The molecule has 2 aliphatic rings. The molecule has 1 spiro atoms. The van der Waals surface area contributed by atoms with Gasteiger partial charge < -0.3 is 14.4 Å². The molecule has 5 heteroatoms. The summed E-state index contributed by atoms with van der Waals surface area (Å²) in [6, 6.07) is 1.89. The maximum absolute atomic E-state index is 5.46. The van der Waals surface area contributed by atoms with Crippen LogP contribution in [0.15, 0.2) is 12.3 Å². The van der Waals surface area contributed by atoms with Gasteiger partial charge in [0, 0.05) is 38.4 Å². The number of aromatic nitrogens is 2. The summed E-state index contributed by atoms with van der Waals surface area (Å²) >= 11 is 0. The lowest BCUT2D eigenvalue weighted by Crippen LogP contribution is -2.57. The number of ether oxygens (including phenoxy) is 2. The van der Waals surface area contributed by atoms with Gasteiger partial charge >= 0.3 is 0 Å². The second-order valence-corrected chi connectivity index (χ2v) is 4.94. The van der Waals surface area contributed by atoms with Gasteiger partial charge in [0.15, 0.2) is 0 Å². The normalized spacial score (nSPS) is 21.8. The van der Waals surface area contributed by atoms with E-state index in [1.54, 1.807) is 13.3 Å². The second kappa shape index (κ2) is 4.23. The molecule has 0 amide bonds. The Morgan fingerprint density at radius 1 is 1.53 bits per heavy atom. The summed E-state index contributed by atoms with van der Waals surface area (Å²) < 4.78 is 10.5. The van der Waals surface area contributed by atoms with Crippen LogP contribution in [0.4, 0.5) is 5.95 Å². The lowest BCUT2D eigenvalue weighted by atomic mass is 9.79. The van der Waals surface area contributed by atoms with Crippen LogP contribution in [0.1, 0.15) is 12.1 Å². The average molecular weight is 235 g/mol. The summed E-state index contributed by atoms with van der Waals surface area (Å²) in [4.78, 5) is 11.0. The molecule has 0 saturated carbocycles. The molecule has 0 atom stereocenters. The predicted octanol–water partition coefficient (Wildman–Crippen LogP) is 0.850. The molecule has 92 valence electrons. The summed E-state index contributed by atoms with van der Waals surface area (Å²) in [7, 11) is 1.68. The van der Waals surface area contributed by atoms with Crippen LogP contribution < -0.4 is 4.90 Å². The van der Waals surface area contributed by atoms with Gasteiger partial charge in [0.05, 0.1) is 18.9 Å². The van der Waals surface area contributed by atoms with Gasteiger partial charge in [-0.1, -0.05) is 0 Å². The molecular formula is C12H17N3O2. The molecule has 3 rings (SSSR count). The Morgan fingerprint density at radius 2 is 2.41 bits per heavy atom.